The van der Waals surface area contributed by atoms with Gasteiger partial charge in [0.05, 0.1) is 12.3 Å². The summed E-state index contributed by atoms with van der Waals surface area (Å²) in [5.74, 6) is -0.710. The summed E-state index contributed by atoms with van der Waals surface area (Å²) in [7, 11) is 0. The number of hydrogen-bond acceptors (Lipinski definition) is 6. The van der Waals surface area contributed by atoms with Gasteiger partial charge in [0, 0.05) is 12.5 Å². The van der Waals surface area contributed by atoms with Crippen LogP contribution in [-0.4, -0.2) is 29.0 Å². The van der Waals surface area contributed by atoms with Crippen molar-refractivity contribution in [2.45, 2.75) is 51.6 Å². The number of hydrogen-bond donors (Lipinski definition) is 1. The third-order valence-electron chi connectivity index (χ3n) is 3.69. The molecule has 0 spiro atoms. The van der Waals surface area contributed by atoms with Crippen LogP contribution in [0.3, 0.4) is 0 Å². The van der Waals surface area contributed by atoms with Crippen LogP contribution in [-0.2, 0) is 16.0 Å². The minimum absolute atomic E-state index is 0.0224. The van der Waals surface area contributed by atoms with Crippen molar-refractivity contribution in [2.75, 3.05) is 0 Å². The van der Waals surface area contributed by atoms with Crippen LogP contribution >= 0.6 is 0 Å². The first kappa shape index (κ1) is 22.5. The molecule has 1 aromatic carbocycles. The quantitative estimate of drug-likeness (QED) is 0.512. The molecule has 1 aromatic heterocycles. The molecular weight excluding hydrogens is 389 g/mol. The lowest BCUT2D eigenvalue weighted by atomic mass is 10.0. The fourth-order valence-electron chi connectivity index (χ4n) is 2.31. The Morgan fingerprint density at radius 1 is 1.10 bits per heavy atom. The van der Waals surface area contributed by atoms with Crippen LogP contribution in [0.1, 0.15) is 32.8 Å². The molecule has 1 heterocycles. The van der Waals surface area contributed by atoms with Crippen LogP contribution in [0, 0.1) is 0 Å². The molecular formula is C20H23F3N2O4. The van der Waals surface area contributed by atoms with Crippen molar-refractivity contribution in [3.8, 4) is 17.4 Å². The second-order valence-corrected chi connectivity index (χ2v) is 6.94. The maximum absolute atomic E-state index is 12.3. The summed E-state index contributed by atoms with van der Waals surface area (Å²) in [6.45, 7) is 5.04. The Bertz CT molecular complexity index is 804. The maximum Gasteiger partial charge on any atom is 0.490 e. The molecule has 1 atom stereocenters. The first-order valence-corrected chi connectivity index (χ1v) is 8.93. The lowest BCUT2D eigenvalue weighted by Crippen LogP contribution is -2.45. The number of pyridine rings is 1. The fraction of sp³-hybridized carbons (Fsp3) is 0.400. The van der Waals surface area contributed by atoms with Crippen molar-refractivity contribution in [1.82, 2.24) is 4.98 Å². The molecule has 0 bridgehead atoms. The molecule has 0 aliphatic rings. The summed E-state index contributed by atoms with van der Waals surface area (Å²) >= 11 is 0. The third-order valence-corrected chi connectivity index (χ3v) is 3.69. The maximum atomic E-state index is 12.3. The van der Waals surface area contributed by atoms with Gasteiger partial charge in [-0.1, -0.05) is 12.1 Å². The normalized spacial score (nSPS) is 13.7. The molecule has 0 saturated heterocycles. The van der Waals surface area contributed by atoms with E-state index in [1.54, 1.807) is 42.6 Å². The largest absolute Gasteiger partial charge is 0.490 e. The number of benzene rings is 1. The Morgan fingerprint density at radius 3 is 2.24 bits per heavy atom. The van der Waals surface area contributed by atoms with E-state index >= 15 is 0 Å². The van der Waals surface area contributed by atoms with E-state index < -0.39 is 17.9 Å². The number of alkyl halides is 3. The number of aryl methyl sites for hydroxylation is 1. The number of ether oxygens (including phenoxy) is 3. The van der Waals surface area contributed by atoms with Gasteiger partial charge in [-0.2, -0.15) is 13.2 Å². The predicted octanol–water partition coefficient (Wildman–Crippen LogP) is 4.37. The van der Waals surface area contributed by atoms with E-state index in [2.05, 4.69) is 9.72 Å². The smallest absolute Gasteiger partial charge is 0.475 e. The van der Waals surface area contributed by atoms with Gasteiger partial charge in [0.2, 0.25) is 5.88 Å². The predicted molar refractivity (Wildman–Crippen MR) is 99.6 cm³/mol. The van der Waals surface area contributed by atoms with E-state index in [4.69, 9.17) is 15.2 Å². The summed E-state index contributed by atoms with van der Waals surface area (Å²) in [6, 6.07) is 10.4. The standard InChI is InChI=1S/C20H23F3N2O4/c1-13(2)27-17-9-8-16(12-25-17)28-15-6-4-14(5-7-15)10-11-19(3,24)29-18(26)20(21,22)23/h4-9,12-13H,10-11,24H2,1-3H3/t19-/m0/s1. The number of aromatic nitrogens is 1. The van der Waals surface area contributed by atoms with Crippen molar-refractivity contribution >= 4 is 5.97 Å². The monoisotopic (exact) mass is 412 g/mol. The van der Waals surface area contributed by atoms with Crippen molar-refractivity contribution in [2.24, 2.45) is 5.73 Å². The molecule has 0 radical (unpaired) electrons. The SMILES string of the molecule is CC(C)Oc1ccc(Oc2ccc(CC[C@@](C)(N)OC(=O)C(F)(F)F)cc2)cn1. The van der Waals surface area contributed by atoms with Gasteiger partial charge in [-0.05, 0) is 51.0 Å². The number of esters is 1. The molecule has 0 unspecified atom stereocenters. The Labute approximate surface area is 166 Å². The Balaban J connectivity index is 1.89. The fourth-order valence-corrected chi connectivity index (χ4v) is 2.31. The molecule has 0 amide bonds. The number of rotatable bonds is 8. The van der Waals surface area contributed by atoms with Crippen LogP contribution < -0.4 is 15.2 Å². The number of carbonyl (C=O) groups is 1. The first-order chi connectivity index (χ1) is 13.4. The molecule has 158 valence electrons. The zero-order valence-corrected chi connectivity index (χ0v) is 16.3. The molecule has 2 rings (SSSR count). The van der Waals surface area contributed by atoms with Gasteiger partial charge in [-0.25, -0.2) is 9.78 Å². The zero-order valence-electron chi connectivity index (χ0n) is 16.3. The Kier molecular flexibility index (Phi) is 7.07. The Hall–Kier alpha value is -2.81. The first-order valence-electron chi connectivity index (χ1n) is 8.93. The van der Waals surface area contributed by atoms with Gasteiger partial charge in [0.25, 0.3) is 0 Å². The van der Waals surface area contributed by atoms with Crippen molar-refractivity contribution in [1.29, 1.82) is 0 Å². The van der Waals surface area contributed by atoms with E-state index in [1.807, 2.05) is 13.8 Å². The summed E-state index contributed by atoms with van der Waals surface area (Å²) in [6.07, 6.45) is -3.17. The topological polar surface area (TPSA) is 83.7 Å². The molecule has 29 heavy (non-hydrogen) atoms. The van der Waals surface area contributed by atoms with Crippen LogP contribution in [0.2, 0.25) is 0 Å². The van der Waals surface area contributed by atoms with Gasteiger partial charge < -0.3 is 14.2 Å². The van der Waals surface area contributed by atoms with Gasteiger partial charge >= 0.3 is 12.1 Å². The summed E-state index contributed by atoms with van der Waals surface area (Å²) < 4.78 is 52.4. The molecule has 0 aliphatic heterocycles. The molecule has 2 N–H and O–H groups in total. The Morgan fingerprint density at radius 2 is 1.72 bits per heavy atom. The van der Waals surface area contributed by atoms with E-state index in [-0.39, 0.29) is 12.5 Å². The van der Waals surface area contributed by atoms with E-state index in [9.17, 15) is 18.0 Å². The number of nitrogens with two attached hydrogens (primary N) is 1. The second kappa shape index (κ2) is 9.13. The molecule has 0 fully saturated rings. The average Bonchev–Trinajstić information content (AvgIpc) is 2.61. The van der Waals surface area contributed by atoms with Crippen LogP contribution in [0.5, 0.6) is 17.4 Å². The molecule has 6 nitrogen and oxygen atoms in total. The van der Waals surface area contributed by atoms with Crippen molar-refractivity contribution < 1.29 is 32.2 Å². The summed E-state index contributed by atoms with van der Waals surface area (Å²) in [5.41, 5.74) is 4.72. The van der Waals surface area contributed by atoms with Crippen molar-refractivity contribution in [3.05, 3.63) is 48.2 Å². The van der Waals surface area contributed by atoms with Gasteiger partial charge in [0.1, 0.15) is 11.5 Å². The molecule has 0 aliphatic carbocycles. The third kappa shape index (κ3) is 7.61. The minimum atomic E-state index is -5.08. The minimum Gasteiger partial charge on any atom is -0.475 e. The summed E-state index contributed by atoms with van der Waals surface area (Å²) in [5, 5.41) is 0. The van der Waals surface area contributed by atoms with Crippen LogP contribution in [0.4, 0.5) is 13.2 Å². The number of carbonyl (C=O) groups excluding carboxylic acids is 1. The number of nitrogens with zero attached hydrogens (tertiary/aromatic N) is 1. The lowest BCUT2D eigenvalue weighted by molar-refractivity contribution is -0.212. The lowest BCUT2D eigenvalue weighted by Gasteiger charge is -2.25. The van der Waals surface area contributed by atoms with Crippen molar-refractivity contribution in [3.63, 3.8) is 0 Å². The van der Waals surface area contributed by atoms with Crippen LogP contribution in [0.15, 0.2) is 42.6 Å². The molecule has 9 heteroatoms. The highest BCUT2D eigenvalue weighted by atomic mass is 19.4. The van der Waals surface area contributed by atoms with Gasteiger partial charge in [-0.15, -0.1) is 0 Å². The average molecular weight is 412 g/mol. The van der Waals surface area contributed by atoms with E-state index in [1.165, 1.54) is 6.92 Å². The zero-order chi connectivity index (χ0) is 21.7. The summed E-state index contributed by atoms with van der Waals surface area (Å²) in [4.78, 5) is 15.1. The highest BCUT2D eigenvalue weighted by Gasteiger charge is 2.44. The second-order valence-electron chi connectivity index (χ2n) is 6.94. The van der Waals surface area contributed by atoms with Gasteiger partial charge in [0.15, 0.2) is 5.72 Å². The number of halogens is 3. The van der Waals surface area contributed by atoms with Gasteiger partial charge in [-0.3, -0.25) is 5.73 Å². The van der Waals surface area contributed by atoms with E-state index in [0.29, 0.717) is 23.8 Å². The highest BCUT2D eigenvalue weighted by Crippen LogP contribution is 2.25. The van der Waals surface area contributed by atoms with E-state index in [0.717, 1.165) is 5.56 Å². The highest BCUT2D eigenvalue weighted by molar-refractivity contribution is 5.76. The molecule has 0 saturated carbocycles. The van der Waals surface area contributed by atoms with Crippen LogP contribution in [0.25, 0.3) is 0 Å². The molecule has 2 aromatic rings.